The molecule has 2 amide bonds. The molecule has 1 saturated carbocycles. The molecule has 29 heavy (non-hydrogen) atoms. The molecule has 1 aliphatic carbocycles. The Morgan fingerprint density at radius 3 is 2.62 bits per heavy atom. The van der Waals surface area contributed by atoms with Crippen molar-refractivity contribution in [2.24, 2.45) is 0 Å². The minimum Gasteiger partial charge on any atom is -0.487 e. The maximum absolute atomic E-state index is 12.7. The zero-order chi connectivity index (χ0) is 20.3. The molecule has 1 spiro atoms. The molecule has 1 aromatic carbocycles. The predicted octanol–water partition coefficient (Wildman–Crippen LogP) is 3.99. The lowest BCUT2D eigenvalue weighted by molar-refractivity contribution is -0.148. The highest BCUT2D eigenvalue weighted by atomic mass is 16.5. The van der Waals surface area contributed by atoms with E-state index in [1.54, 1.807) is 0 Å². The molecule has 1 atom stereocenters. The van der Waals surface area contributed by atoms with Crippen molar-refractivity contribution in [1.82, 2.24) is 10.2 Å². The van der Waals surface area contributed by atoms with Gasteiger partial charge in [-0.2, -0.15) is 0 Å². The van der Waals surface area contributed by atoms with Crippen LogP contribution in [0.3, 0.4) is 0 Å². The van der Waals surface area contributed by atoms with Crippen molar-refractivity contribution in [2.45, 2.75) is 75.9 Å². The summed E-state index contributed by atoms with van der Waals surface area (Å²) in [5.41, 5.74) is 0.502. The van der Waals surface area contributed by atoms with Gasteiger partial charge in [0.1, 0.15) is 11.4 Å². The fraction of sp³-hybridized carbons (Fsp3) is 0.652. The number of fused-ring (bicyclic) bond motifs is 1. The Kier molecular flexibility index (Phi) is 5.97. The first kappa shape index (κ1) is 20.0. The third kappa shape index (κ3) is 4.36. The molecule has 1 aromatic rings. The maximum Gasteiger partial charge on any atom is 0.317 e. The minimum atomic E-state index is -0.409. The monoisotopic (exact) mass is 400 g/mol. The molecule has 1 unspecified atom stereocenters. The number of esters is 1. The summed E-state index contributed by atoms with van der Waals surface area (Å²) in [5, 5.41) is 3.21. The summed E-state index contributed by atoms with van der Waals surface area (Å²) in [5.74, 6) is 0.291. The Labute approximate surface area is 172 Å². The van der Waals surface area contributed by atoms with Gasteiger partial charge in [-0.05, 0) is 25.8 Å². The molecule has 1 N–H and O–H groups in total. The van der Waals surface area contributed by atoms with E-state index in [0.717, 1.165) is 37.0 Å². The maximum atomic E-state index is 12.7. The van der Waals surface area contributed by atoms with E-state index in [0.29, 0.717) is 32.2 Å². The standard InChI is InChI=1S/C23H32N2O4/c1-2-28-21(26)19-16-23(29-20-11-7-6-10-18(19)20)12-14-25(15-13-23)22(27)24-17-8-4-3-5-9-17/h6-7,10-11,17,19H,2-5,8-9,12-16H2,1H3,(H,24,27). The summed E-state index contributed by atoms with van der Waals surface area (Å²) in [6, 6.07) is 8.13. The minimum absolute atomic E-state index is 0.0462. The lowest BCUT2D eigenvalue weighted by Gasteiger charge is -2.46. The van der Waals surface area contributed by atoms with Crippen LogP contribution >= 0.6 is 0 Å². The van der Waals surface area contributed by atoms with Crippen molar-refractivity contribution in [3.8, 4) is 5.75 Å². The zero-order valence-corrected chi connectivity index (χ0v) is 17.3. The number of ether oxygens (including phenoxy) is 2. The van der Waals surface area contributed by atoms with Gasteiger partial charge in [0.05, 0.1) is 12.5 Å². The zero-order valence-electron chi connectivity index (χ0n) is 17.3. The van der Waals surface area contributed by atoms with Crippen molar-refractivity contribution in [3.63, 3.8) is 0 Å². The number of piperidine rings is 1. The molecule has 2 fully saturated rings. The largest absolute Gasteiger partial charge is 0.487 e. The average Bonchev–Trinajstić information content (AvgIpc) is 2.74. The number of hydrogen-bond acceptors (Lipinski definition) is 4. The van der Waals surface area contributed by atoms with Gasteiger partial charge in [-0.1, -0.05) is 37.5 Å². The van der Waals surface area contributed by atoms with Gasteiger partial charge >= 0.3 is 12.0 Å². The van der Waals surface area contributed by atoms with Crippen LogP contribution in [0.25, 0.3) is 0 Å². The second-order valence-corrected chi connectivity index (χ2v) is 8.60. The first-order valence-electron chi connectivity index (χ1n) is 11.1. The smallest absolute Gasteiger partial charge is 0.317 e. The number of para-hydroxylation sites is 1. The summed E-state index contributed by atoms with van der Waals surface area (Å²) in [6.45, 7) is 3.51. The molecule has 6 nitrogen and oxygen atoms in total. The van der Waals surface area contributed by atoms with Crippen LogP contribution in [-0.4, -0.2) is 48.2 Å². The van der Waals surface area contributed by atoms with E-state index in [4.69, 9.17) is 9.47 Å². The summed E-state index contributed by atoms with van der Waals surface area (Å²) in [6.07, 6.45) is 7.94. The highest BCUT2D eigenvalue weighted by Gasteiger charge is 2.46. The number of carbonyl (C=O) groups excluding carboxylic acids is 2. The Bertz CT molecular complexity index is 736. The molecular weight excluding hydrogens is 368 g/mol. The second-order valence-electron chi connectivity index (χ2n) is 8.60. The van der Waals surface area contributed by atoms with Crippen LogP contribution in [-0.2, 0) is 9.53 Å². The third-order valence-electron chi connectivity index (χ3n) is 6.66. The Balaban J connectivity index is 1.42. The number of amides is 2. The first-order chi connectivity index (χ1) is 14.1. The Morgan fingerprint density at radius 1 is 1.17 bits per heavy atom. The summed E-state index contributed by atoms with van der Waals surface area (Å²) >= 11 is 0. The van der Waals surface area contributed by atoms with Crippen LogP contribution in [0, 0.1) is 0 Å². The lowest BCUT2D eigenvalue weighted by Crippen LogP contribution is -2.55. The summed E-state index contributed by atoms with van der Waals surface area (Å²) < 4.78 is 11.8. The van der Waals surface area contributed by atoms with Crippen molar-refractivity contribution in [1.29, 1.82) is 0 Å². The molecule has 0 radical (unpaired) electrons. The fourth-order valence-corrected chi connectivity index (χ4v) is 5.01. The van der Waals surface area contributed by atoms with Gasteiger partial charge in [-0.15, -0.1) is 0 Å². The molecule has 1 saturated heterocycles. The lowest BCUT2D eigenvalue weighted by atomic mass is 9.77. The van der Waals surface area contributed by atoms with Crippen LogP contribution in [0.2, 0.25) is 0 Å². The number of benzene rings is 1. The Morgan fingerprint density at radius 2 is 1.90 bits per heavy atom. The number of carbonyl (C=O) groups is 2. The number of urea groups is 1. The van der Waals surface area contributed by atoms with E-state index < -0.39 is 5.60 Å². The quantitative estimate of drug-likeness (QED) is 0.779. The highest BCUT2D eigenvalue weighted by molar-refractivity contribution is 5.80. The van der Waals surface area contributed by atoms with Crippen molar-refractivity contribution in [3.05, 3.63) is 29.8 Å². The summed E-state index contributed by atoms with van der Waals surface area (Å²) in [4.78, 5) is 27.2. The molecular formula is C23H32N2O4. The molecule has 0 aromatic heterocycles. The van der Waals surface area contributed by atoms with Gasteiger partial charge < -0.3 is 19.7 Å². The third-order valence-corrected chi connectivity index (χ3v) is 6.66. The molecule has 2 aliphatic heterocycles. The van der Waals surface area contributed by atoms with Crippen LogP contribution in [0.1, 0.15) is 69.8 Å². The Hall–Kier alpha value is -2.24. The highest BCUT2D eigenvalue weighted by Crippen LogP contribution is 2.45. The van der Waals surface area contributed by atoms with Crippen molar-refractivity contribution >= 4 is 12.0 Å². The van der Waals surface area contributed by atoms with Gasteiger partial charge in [-0.3, -0.25) is 4.79 Å². The number of rotatable bonds is 3. The molecule has 3 aliphatic rings. The van der Waals surface area contributed by atoms with E-state index in [1.807, 2.05) is 36.1 Å². The van der Waals surface area contributed by atoms with Crippen LogP contribution in [0.4, 0.5) is 4.79 Å². The molecule has 6 heteroatoms. The van der Waals surface area contributed by atoms with E-state index in [1.165, 1.54) is 19.3 Å². The van der Waals surface area contributed by atoms with E-state index in [2.05, 4.69) is 5.32 Å². The van der Waals surface area contributed by atoms with Crippen LogP contribution in [0.15, 0.2) is 24.3 Å². The van der Waals surface area contributed by atoms with Crippen molar-refractivity contribution < 1.29 is 19.1 Å². The summed E-state index contributed by atoms with van der Waals surface area (Å²) in [7, 11) is 0. The van der Waals surface area contributed by atoms with Crippen LogP contribution < -0.4 is 10.1 Å². The number of nitrogens with zero attached hydrogens (tertiary/aromatic N) is 1. The van der Waals surface area contributed by atoms with Gasteiger partial charge in [0.15, 0.2) is 0 Å². The van der Waals surface area contributed by atoms with E-state index in [-0.39, 0.29) is 17.9 Å². The van der Waals surface area contributed by atoms with Crippen molar-refractivity contribution in [2.75, 3.05) is 19.7 Å². The van der Waals surface area contributed by atoms with Gasteiger partial charge in [0.2, 0.25) is 0 Å². The first-order valence-corrected chi connectivity index (χ1v) is 11.1. The number of hydrogen-bond donors (Lipinski definition) is 1. The average molecular weight is 401 g/mol. The van der Waals surface area contributed by atoms with Crippen LogP contribution in [0.5, 0.6) is 5.75 Å². The fourth-order valence-electron chi connectivity index (χ4n) is 5.01. The van der Waals surface area contributed by atoms with E-state index >= 15 is 0 Å². The topological polar surface area (TPSA) is 67.9 Å². The van der Waals surface area contributed by atoms with Gasteiger partial charge in [0, 0.05) is 44.0 Å². The van der Waals surface area contributed by atoms with Gasteiger partial charge in [0.25, 0.3) is 0 Å². The van der Waals surface area contributed by atoms with Gasteiger partial charge in [-0.25, -0.2) is 4.79 Å². The molecule has 158 valence electrons. The predicted molar refractivity (Wildman–Crippen MR) is 110 cm³/mol. The SMILES string of the molecule is CCOC(=O)C1CC2(CCN(C(=O)NC3CCCCC3)CC2)Oc2ccccc21. The molecule has 0 bridgehead atoms. The molecule has 2 heterocycles. The number of likely N-dealkylation sites (tertiary alicyclic amines) is 1. The molecule has 4 rings (SSSR count). The number of nitrogens with one attached hydrogen (secondary N) is 1. The normalized spacial score (nSPS) is 23.8. The second kappa shape index (κ2) is 8.64. The van der Waals surface area contributed by atoms with E-state index in [9.17, 15) is 9.59 Å².